The quantitative estimate of drug-likeness (QED) is 0.771. The van der Waals surface area contributed by atoms with Crippen LogP contribution in [0.25, 0.3) is 11.0 Å². The SMILES string of the molecule is Cn1c(C2CCCC2)nc2cc(Br)ccc21. The highest BCUT2D eigenvalue weighted by atomic mass is 79.9. The van der Waals surface area contributed by atoms with Gasteiger partial charge in [-0.1, -0.05) is 28.8 Å². The average molecular weight is 279 g/mol. The van der Waals surface area contributed by atoms with Crippen LogP contribution in [0.15, 0.2) is 22.7 Å². The summed E-state index contributed by atoms with van der Waals surface area (Å²) in [4.78, 5) is 4.79. The summed E-state index contributed by atoms with van der Waals surface area (Å²) in [6.45, 7) is 0. The monoisotopic (exact) mass is 278 g/mol. The Kier molecular flexibility index (Phi) is 2.51. The van der Waals surface area contributed by atoms with Crippen molar-refractivity contribution in [1.29, 1.82) is 0 Å². The molecule has 0 spiro atoms. The van der Waals surface area contributed by atoms with Gasteiger partial charge in [-0.15, -0.1) is 0 Å². The van der Waals surface area contributed by atoms with E-state index in [2.05, 4.69) is 45.7 Å². The number of hydrogen-bond acceptors (Lipinski definition) is 1. The predicted octanol–water partition coefficient (Wildman–Crippen LogP) is 3.99. The fourth-order valence-corrected chi connectivity index (χ4v) is 3.09. The summed E-state index contributed by atoms with van der Waals surface area (Å²) in [5.41, 5.74) is 2.35. The van der Waals surface area contributed by atoms with Crippen LogP contribution in [0.5, 0.6) is 0 Å². The van der Waals surface area contributed by atoms with E-state index in [1.54, 1.807) is 0 Å². The number of benzene rings is 1. The molecule has 0 aliphatic heterocycles. The predicted molar refractivity (Wildman–Crippen MR) is 69.6 cm³/mol. The lowest BCUT2D eigenvalue weighted by atomic mass is 10.1. The van der Waals surface area contributed by atoms with Crippen LogP contribution in [0.3, 0.4) is 0 Å². The van der Waals surface area contributed by atoms with Crippen molar-refractivity contribution in [2.24, 2.45) is 7.05 Å². The van der Waals surface area contributed by atoms with Gasteiger partial charge in [-0.05, 0) is 31.0 Å². The number of fused-ring (bicyclic) bond motifs is 1. The second-order valence-corrected chi connectivity index (χ2v) is 5.56. The second-order valence-electron chi connectivity index (χ2n) is 4.64. The molecular formula is C13H15BrN2. The maximum Gasteiger partial charge on any atom is 0.112 e. The van der Waals surface area contributed by atoms with E-state index < -0.39 is 0 Å². The van der Waals surface area contributed by atoms with Crippen LogP contribution >= 0.6 is 15.9 Å². The molecule has 0 unspecified atom stereocenters. The minimum absolute atomic E-state index is 0.677. The van der Waals surface area contributed by atoms with E-state index >= 15 is 0 Å². The molecule has 1 aromatic heterocycles. The van der Waals surface area contributed by atoms with Gasteiger partial charge in [0.25, 0.3) is 0 Å². The van der Waals surface area contributed by atoms with Crippen LogP contribution in [-0.4, -0.2) is 9.55 Å². The Morgan fingerprint density at radius 1 is 1.31 bits per heavy atom. The molecule has 0 N–H and O–H groups in total. The third-order valence-electron chi connectivity index (χ3n) is 3.60. The van der Waals surface area contributed by atoms with Crippen molar-refractivity contribution in [2.75, 3.05) is 0 Å². The van der Waals surface area contributed by atoms with Gasteiger partial charge in [0.05, 0.1) is 11.0 Å². The van der Waals surface area contributed by atoms with E-state index in [9.17, 15) is 0 Å². The molecule has 2 aromatic rings. The first-order chi connectivity index (χ1) is 7.75. The Balaban J connectivity index is 2.14. The lowest BCUT2D eigenvalue weighted by molar-refractivity contribution is 0.639. The van der Waals surface area contributed by atoms with Crippen molar-refractivity contribution < 1.29 is 0 Å². The molecule has 1 aliphatic rings. The zero-order valence-corrected chi connectivity index (χ0v) is 11.0. The molecule has 1 saturated carbocycles. The summed E-state index contributed by atoms with van der Waals surface area (Å²) in [5, 5.41) is 0. The van der Waals surface area contributed by atoms with Gasteiger partial charge in [-0.25, -0.2) is 4.98 Å². The topological polar surface area (TPSA) is 17.8 Å². The van der Waals surface area contributed by atoms with Crippen LogP contribution in [-0.2, 0) is 7.05 Å². The highest BCUT2D eigenvalue weighted by molar-refractivity contribution is 9.10. The van der Waals surface area contributed by atoms with Gasteiger partial charge in [-0.2, -0.15) is 0 Å². The van der Waals surface area contributed by atoms with Crippen molar-refractivity contribution in [2.45, 2.75) is 31.6 Å². The molecule has 3 rings (SSSR count). The second kappa shape index (κ2) is 3.88. The summed E-state index contributed by atoms with van der Waals surface area (Å²) < 4.78 is 3.37. The summed E-state index contributed by atoms with van der Waals surface area (Å²) in [6.07, 6.45) is 5.33. The lowest BCUT2D eigenvalue weighted by Crippen LogP contribution is -2.02. The van der Waals surface area contributed by atoms with Crippen LogP contribution < -0.4 is 0 Å². The van der Waals surface area contributed by atoms with Gasteiger partial charge in [0.1, 0.15) is 5.82 Å². The molecule has 1 fully saturated rings. The largest absolute Gasteiger partial charge is 0.331 e. The number of imidazole rings is 1. The average Bonchev–Trinajstić information content (AvgIpc) is 2.86. The van der Waals surface area contributed by atoms with Crippen molar-refractivity contribution >= 4 is 27.0 Å². The van der Waals surface area contributed by atoms with Gasteiger partial charge >= 0.3 is 0 Å². The fourth-order valence-electron chi connectivity index (χ4n) is 2.74. The third kappa shape index (κ3) is 1.58. The first-order valence-electron chi connectivity index (χ1n) is 5.87. The van der Waals surface area contributed by atoms with E-state index in [1.807, 2.05) is 0 Å². The van der Waals surface area contributed by atoms with E-state index in [0.717, 1.165) is 9.99 Å². The summed E-state index contributed by atoms with van der Waals surface area (Å²) in [6, 6.07) is 6.33. The minimum Gasteiger partial charge on any atom is -0.331 e. The Labute approximate surface area is 104 Å². The van der Waals surface area contributed by atoms with Crippen molar-refractivity contribution in [3.63, 3.8) is 0 Å². The van der Waals surface area contributed by atoms with Gasteiger partial charge in [0, 0.05) is 17.4 Å². The highest BCUT2D eigenvalue weighted by Gasteiger charge is 2.22. The molecule has 0 saturated heterocycles. The maximum atomic E-state index is 4.79. The first-order valence-corrected chi connectivity index (χ1v) is 6.67. The van der Waals surface area contributed by atoms with E-state index in [-0.39, 0.29) is 0 Å². The first kappa shape index (κ1) is 10.3. The molecule has 0 radical (unpaired) electrons. The van der Waals surface area contributed by atoms with Crippen LogP contribution in [0.2, 0.25) is 0 Å². The molecule has 3 heteroatoms. The van der Waals surface area contributed by atoms with Crippen molar-refractivity contribution in [1.82, 2.24) is 9.55 Å². The standard InChI is InChI=1S/C13H15BrN2/c1-16-12-7-6-10(14)8-11(12)15-13(16)9-4-2-3-5-9/h6-9H,2-5H2,1H3. The number of halogens is 1. The molecule has 1 heterocycles. The smallest absolute Gasteiger partial charge is 0.112 e. The van der Waals surface area contributed by atoms with Crippen LogP contribution in [0.4, 0.5) is 0 Å². The Morgan fingerprint density at radius 3 is 2.81 bits per heavy atom. The fraction of sp³-hybridized carbons (Fsp3) is 0.462. The Bertz CT molecular complexity index is 524. The molecule has 0 bridgehead atoms. The molecular weight excluding hydrogens is 264 g/mol. The van der Waals surface area contributed by atoms with Gasteiger partial charge in [-0.3, -0.25) is 0 Å². The molecule has 0 amide bonds. The zero-order chi connectivity index (χ0) is 11.1. The van der Waals surface area contributed by atoms with Gasteiger partial charge < -0.3 is 4.57 Å². The third-order valence-corrected chi connectivity index (χ3v) is 4.09. The Hall–Kier alpha value is -0.830. The van der Waals surface area contributed by atoms with Crippen molar-refractivity contribution in [3.8, 4) is 0 Å². The van der Waals surface area contributed by atoms with Crippen LogP contribution in [0, 0.1) is 0 Å². The molecule has 0 atom stereocenters. The molecule has 2 nitrogen and oxygen atoms in total. The number of nitrogens with zero attached hydrogens (tertiary/aromatic N) is 2. The summed E-state index contributed by atoms with van der Waals surface area (Å²) in [7, 11) is 2.14. The zero-order valence-electron chi connectivity index (χ0n) is 9.41. The van der Waals surface area contributed by atoms with Crippen LogP contribution in [0.1, 0.15) is 37.4 Å². The van der Waals surface area contributed by atoms with Gasteiger partial charge in [0.2, 0.25) is 0 Å². The number of rotatable bonds is 1. The number of aryl methyl sites for hydroxylation is 1. The molecule has 84 valence electrons. The number of hydrogen-bond donors (Lipinski definition) is 0. The minimum atomic E-state index is 0.677. The van der Waals surface area contributed by atoms with E-state index in [0.29, 0.717) is 5.92 Å². The number of aromatic nitrogens is 2. The van der Waals surface area contributed by atoms with E-state index in [1.165, 1.54) is 37.0 Å². The lowest BCUT2D eigenvalue weighted by Gasteiger charge is -2.08. The summed E-state index contributed by atoms with van der Waals surface area (Å²) >= 11 is 3.50. The molecule has 1 aliphatic carbocycles. The van der Waals surface area contributed by atoms with Crippen molar-refractivity contribution in [3.05, 3.63) is 28.5 Å². The maximum absolute atomic E-state index is 4.79. The Morgan fingerprint density at radius 2 is 2.06 bits per heavy atom. The summed E-state index contributed by atoms with van der Waals surface area (Å²) in [5.74, 6) is 1.95. The molecule has 16 heavy (non-hydrogen) atoms. The highest BCUT2D eigenvalue weighted by Crippen LogP contribution is 2.34. The molecule has 1 aromatic carbocycles. The van der Waals surface area contributed by atoms with E-state index in [4.69, 9.17) is 4.98 Å². The van der Waals surface area contributed by atoms with Gasteiger partial charge in [0.15, 0.2) is 0 Å². The normalized spacial score (nSPS) is 17.4.